The first-order valence-electron chi connectivity index (χ1n) is 5.94. The van der Waals surface area contributed by atoms with Crippen molar-refractivity contribution in [3.63, 3.8) is 0 Å². The highest BCUT2D eigenvalue weighted by Crippen LogP contribution is 2.34. The highest BCUT2D eigenvalue weighted by molar-refractivity contribution is 7.26. The Hall–Kier alpha value is -1.27. The van der Waals surface area contributed by atoms with Crippen molar-refractivity contribution >= 4 is 32.1 Å². The topological polar surface area (TPSA) is 38.0 Å². The van der Waals surface area contributed by atoms with Crippen molar-refractivity contribution in [2.45, 2.75) is 12.5 Å². The Morgan fingerprint density at radius 3 is 2.84 bits per heavy atom. The van der Waals surface area contributed by atoms with Gasteiger partial charge in [-0.2, -0.15) is 0 Å². The predicted octanol–water partition coefficient (Wildman–Crippen LogP) is 3.85. The minimum Gasteiger partial charge on any atom is -0.271 e. The van der Waals surface area contributed by atoms with Crippen LogP contribution >= 0.6 is 22.7 Å². The number of nitrogens with one attached hydrogen (secondary N) is 1. The summed E-state index contributed by atoms with van der Waals surface area (Å²) >= 11 is 3.46. The molecule has 1 atom stereocenters. The van der Waals surface area contributed by atoms with Crippen LogP contribution in [-0.4, -0.2) is 0 Å². The zero-order valence-corrected chi connectivity index (χ0v) is 11.7. The van der Waals surface area contributed by atoms with Crippen molar-refractivity contribution in [1.82, 2.24) is 5.43 Å². The van der Waals surface area contributed by atoms with Gasteiger partial charge in [-0.15, -0.1) is 22.7 Å². The van der Waals surface area contributed by atoms with Gasteiger partial charge in [0.05, 0.1) is 6.04 Å². The first-order valence-corrected chi connectivity index (χ1v) is 7.63. The summed E-state index contributed by atoms with van der Waals surface area (Å²) in [6.07, 6.45) is 0.683. The molecular formula is C14H13FN2S2. The lowest BCUT2D eigenvalue weighted by molar-refractivity contribution is 0.557. The van der Waals surface area contributed by atoms with E-state index in [-0.39, 0.29) is 11.9 Å². The maximum Gasteiger partial charge on any atom is 0.123 e. The molecule has 0 saturated heterocycles. The van der Waals surface area contributed by atoms with Crippen LogP contribution in [0.4, 0.5) is 4.39 Å². The molecule has 3 N–H and O–H groups in total. The summed E-state index contributed by atoms with van der Waals surface area (Å²) in [6, 6.07) is 11.0. The lowest BCUT2D eigenvalue weighted by Crippen LogP contribution is -2.28. The average Bonchev–Trinajstić information content (AvgIpc) is 2.96. The second kappa shape index (κ2) is 5.38. The third-order valence-corrected chi connectivity index (χ3v) is 5.24. The van der Waals surface area contributed by atoms with Crippen molar-refractivity contribution in [2.24, 2.45) is 5.84 Å². The zero-order chi connectivity index (χ0) is 13.2. The van der Waals surface area contributed by atoms with E-state index in [1.807, 2.05) is 6.07 Å². The van der Waals surface area contributed by atoms with Crippen LogP contribution in [0.25, 0.3) is 9.40 Å². The number of rotatable bonds is 4. The molecule has 0 aliphatic heterocycles. The Balaban J connectivity index is 1.86. The van der Waals surface area contributed by atoms with E-state index in [1.165, 1.54) is 20.3 Å². The normalized spacial score (nSPS) is 12.9. The number of thiophene rings is 2. The Morgan fingerprint density at radius 1 is 1.21 bits per heavy atom. The van der Waals surface area contributed by atoms with Crippen molar-refractivity contribution in [3.05, 3.63) is 58.0 Å². The summed E-state index contributed by atoms with van der Waals surface area (Å²) in [5.74, 6) is 5.44. The molecule has 2 aromatic heterocycles. The first kappa shape index (κ1) is 12.7. The van der Waals surface area contributed by atoms with Gasteiger partial charge < -0.3 is 0 Å². The lowest BCUT2D eigenvalue weighted by atomic mass is 10.1. The number of hydrazine groups is 1. The maximum absolute atomic E-state index is 13.2. The second-order valence-corrected chi connectivity index (χ2v) is 6.41. The van der Waals surface area contributed by atoms with E-state index in [2.05, 4.69) is 22.9 Å². The van der Waals surface area contributed by atoms with Crippen LogP contribution in [0.3, 0.4) is 0 Å². The smallest absolute Gasteiger partial charge is 0.123 e. The Kier molecular flexibility index (Phi) is 3.61. The summed E-state index contributed by atoms with van der Waals surface area (Å²) in [4.78, 5) is 1.19. The van der Waals surface area contributed by atoms with Crippen LogP contribution in [0.15, 0.2) is 41.8 Å². The molecule has 0 radical (unpaired) electrons. The number of hydrogen-bond donors (Lipinski definition) is 2. The summed E-state index contributed by atoms with van der Waals surface area (Å²) in [6.45, 7) is 0. The standard InChI is InChI=1S/C14H13FN2S2/c15-10-3-1-2-9(6-10)7-11(17-16)13-8-14-12(19-13)4-5-18-14/h1-6,8,11,17H,7,16H2. The molecule has 2 nitrogen and oxygen atoms in total. The van der Waals surface area contributed by atoms with E-state index < -0.39 is 0 Å². The predicted molar refractivity (Wildman–Crippen MR) is 79.9 cm³/mol. The third kappa shape index (κ3) is 2.69. The van der Waals surface area contributed by atoms with Crippen LogP contribution in [0.5, 0.6) is 0 Å². The zero-order valence-electron chi connectivity index (χ0n) is 10.1. The van der Waals surface area contributed by atoms with Crippen molar-refractivity contribution < 1.29 is 4.39 Å². The summed E-state index contributed by atoms with van der Waals surface area (Å²) in [7, 11) is 0. The molecule has 2 heterocycles. The quantitative estimate of drug-likeness (QED) is 0.566. The molecule has 0 amide bonds. The minimum atomic E-state index is -0.208. The van der Waals surface area contributed by atoms with Crippen molar-refractivity contribution in [2.75, 3.05) is 0 Å². The molecule has 19 heavy (non-hydrogen) atoms. The SMILES string of the molecule is NNC(Cc1cccc(F)c1)c1cc2sccc2s1. The molecule has 5 heteroatoms. The lowest BCUT2D eigenvalue weighted by Gasteiger charge is -2.14. The highest BCUT2D eigenvalue weighted by atomic mass is 32.1. The van der Waals surface area contributed by atoms with Crippen LogP contribution in [0.2, 0.25) is 0 Å². The van der Waals surface area contributed by atoms with Gasteiger partial charge in [-0.3, -0.25) is 11.3 Å². The molecule has 1 aromatic carbocycles. The second-order valence-electron chi connectivity index (χ2n) is 4.35. The number of nitrogens with two attached hydrogens (primary N) is 1. The molecule has 98 valence electrons. The molecule has 0 aliphatic rings. The number of benzene rings is 1. The van der Waals surface area contributed by atoms with Crippen LogP contribution in [0.1, 0.15) is 16.5 Å². The third-order valence-electron chi connectivity index (χ3n) is 3.03. The molecule has 0 fully saturated rings. The van der Waals surface area contributed by atoms with Crippen LogP contribution in [-0.2, 0) is 6.42 Å². The molecule has 3 rings (SSSR count). The molecule has 0 aliphatic carbocycles. The van der Waals surface area contributed by atoms with Gasteiger partial charge >= 0.3 is 0 Å². The Bertz CT molecular complexity index is 661. The monoisotopic (exact) mass is 292 g/mol. The summed E-state index contributed by atoms with van der Waals surface area (Å²) in [5.41, 5.74) is 3.77. The minimum absolute atomic E-state index is 0.0198. The highest BCUT2D eigenvalue weighted by Gasteiger charge is 2.14. The van der Waals surface area contributed by atoms with Crippen LogP contribution < -0.4 is 11.3 Å². The molecular weight excluding hydrogens is 279 g/mol. The number of hydrogen-bond acceptors (Lipinski definition) is 4. The van der Waals surface area contributed by atoms with E-state index >= 15 is 0 Å². The van der Waals surface area contributed by atoms with Gasteiger partial charge in [-0.05, 0) is 41.6 Å². The average molecular weight is 292 g/mol. The van der Waals surface area contributed by atoms with Gasteiger partial charge in [-0.1, -0.05) is 12.1 Å². The van der Waals surface area contributed by atoms with Gasteiger partial charge in [0.2, 0.25) is 0 Å². The Labute approximate surface area is 118 Å². The first-order chi connectivity index (χ1) is 9.26. The summed E-state index contributed by atoms with van der Waals surface area (Å²) in [5, 5.41) is 2.09. The van der Waals surface area contributed by atoms with E-state index in [0.717, 1.165) is 5.56 Å². The van der Waals surface area contributed by atoms with Crippen molar-refractivity contribution in [3.8, 4) is 0 Å². The number of halogens is 1. The number of fused-ring (bicyclic) bond motifs is 1. The van der Waals surface area contributed by atoms with Gasteiger partial charge in [0.25, 0.3) is 0 Å². The molecule has 3 aromatic rings. The van der Waals surface area contributed by atoms with Gasteiger partial charge in [-0.25, -0.2) is 4.39 Å². The van der Waals surface area contributed by atoms with Crippen LogP contribution in [0, 0.1) is 5.82 Å². The van der Waals surface area contributed by atoms with E-state index in [0.29, 0.717) is 6.42 Å². The fourth-order valence-electron chi connectivity index (χ4n) is 2.10. The fraction of sp³-hybridized carbons (Fsp3) is 0.143. The Morgan fingerprint density at radius 2 is 2.11 bits per heavy atom. The van der Waals surface area contributed by atoms with E-state index in [9.17, 15) is 4.39 Å². The van der Waals surface area contributed by atoms with Crippen molar-refractivity contribution in [1.29, 1.82) is 0 Å². The maximum atomic E-state index is 13.2. The van der Waals surface area contributed by atoms with Gasteiger partial charge in [0.15, 0.2) is 0 Å². The fourth-order valence-corrected chi connectivity index (χ4v) is 4.28. The van der Waals surface area contributed by atoms with E-state index in [1.54, 1.807) is 34.8 Å². The summed E-state index contributed by atoms with van der Waals surface area (Å²) < 4.78 is 15.7. The molecule has 0 spiro atoms. The largest absolute Gasteiger partial charge is 0.271 e. The van der Waals surface area contributed by atoms with E-state index in [4.69, 9.17) is 5.84 Å². The van der Waals surface area contributed by atoms with Gasteiger partial charge in [0, 0.05) is 14.3 Å². The van der Waals surface area contributed by atoms with Gasteiger partial charge in [0.1, 0.15) is 5.82 Å². The molecule has 0 saturated carbocycles. The molecule has 1 unspecified atom stereocenters. The molecule has 0 bridgehead atoms.